The lowest BCUT2D eigenvalue weighted by Crippen LogP contribution is -2.33. The van der Waals surface area contributed by atoms with E-state index < -0.39 is 10.0 Å². The first-order valence-electron chi connectivity index (χ1n) is 8.22. The fraction of sp³-hybridized carbons (Fsp3) is 0.300. The fourth-order valence-corrected chi connectivity index (χ4v) is 4.49. The number of sulfonamides is 1. The predicted octanol–water partition coefficient (Wildman–Crippen LogP) is 3.90. The monoisotopic (exact) mass is 341 g/mol. The van der Waals surface area contributed by atoms with Crippen molar-refractivity contribution in [1.82, 2.24) is 4.31 Å². The van der Waals surface area contributed by atoms with Crippen LogP contribution in [-0.4, -0.2) is 25.8 Å². The van der Waals surface area contributed by atoms with E-state index in [9.17, 15) is 8.42 Å². The molecule has 4 heteroatoms. The topological polar surface area (TPSA) is 37.4 Å². The average molecular weight is 341 g/mol. The van der Waals surface area contributed by atoms with Crippen molar-refractivity contribution < 1.29 is 8.42 Å². The molecule has 0 N–H and O–H groups in total. The lowest BCUT2D eigenvalue weighted by molar-refractivity contribution is 0.408. The van der Waals surface area contributed by atoms with Crippen LogP contribution in [0.15, 0.2) is 71.6 Å². The maximum absolute atomic E-state index is 12.9. The van der Waals surface area contributed by atoms with Crippen molar-refractivity contribution in [3.8, 4) is 0 Å². The fourth-order valence-electron chi connectivity index (χ4n) is 3.10. The number of hydrogen-bond acceptors (Lipinski definition) is 2. The Morgan fingerprint density at radius 3 is 2.33 bits per heavy atom. The summed E-state index contributed by atoms with van der Waals surface area (Å²) in [5.74, 6) is 0. The van der Waals surface area contributed by atoms with E-state index in [0.717, 1.165) is 12.0 Å². The molecule has 0 spiro atoms. The van der Waals surface area contributed by atoms with E-state index in [0.29, 0.717) is 18.0 Å². The van der Waals surface area contributed by atoms with Crippen LogP contribution in [0.4, 0.5) is 0 Å². The van der Waals surface area contributed by atoms with Crippen LogP contribution in [0, 0.1) is 6.92 Å². The SMILES string of the molecule is Cc1ccc(S(=O)(=O)N2CC=CC(C)(c3ccccc3)CC2)cc1. The third-order valence-corrected chi connectivity index (χ3v) is 6.65. The van der Waals surface area contributed by atoms with Crippen molar-refractivity contribution in [1.29, 1.82) is 0 Å². The van der Waals surface area contributed by atoms with Crippen molar-refractivity contribution >= 4 is 10.0 Å². The largest absolute Gasteiger partial charge is 0.243 e. The Kier molecular flexibility index (Phi) is 4.61. The third-order valence-electron chi connectivity index (χ3n) is 4.77. The summed E-state index contributed by atoms with van der Waals surface area (Å²) in [7, 11) is -3.45. The molecule has 1 unspecified atom stereocenters. The van der Waals surface area contributed by atoms with E-state index >= 15 is 0 Å². The molecule has 2 aromatic carbocycles. The van der Waals surface area contributed by atoms with Crippen LogP contribution < -0.4 is 0 Å². The normalized spacial score (nSPS) is 22.2. The lowest BCUT2D eigenvalue weighted by atomic mass is 9.79. The van der Waals surface area contributed by atoms with Gasteiger partial charge in [0.25, 0.3) is 0 Å². The minimum atomic E-state index is -3.45. The van der Waals surface area contributed by atoms with E-state index in [2.05, 4.69) is 25.1 Å². The average Bonchev–Trinajstić information content (AvgIpc) is 2.79. The summed E-state index contributed by atoms with van der Waals surface area (Å²) in [5.41, 5.74) is 2.14. The van der Waals surface area contributed by atoms with Gasteiger partial charge in [-0.2, -0.15) is 4.31 Å². The highest BCUT2D eigenvalue weighted by molar-refractivity contribution is 7.89. The zero-order chi connectivity index (χ0) is 17.2. The zero-order valence-corrected chi connectivity index (χ0v) is 15.0. The second-order valence-electron chi connectivity index (χ2n) is 6.61. The number of allylic oxidation sites excluding steroid dienone is 1. The molecule has 1 aliphatic heterocycles. The highest BCUT2D eigenvalue weighted by Crippen LogP contribution is 2.32. The number of rotatable bonds is 3. The summed E-state index contributed by atoms with van der Waals surface area (Å²) in [6, 6.07) is 17.3. The molecule has 0 aliphatic carbocycles. The van der Waals surface area contributed by atoms with E-state index in [-0.39, 0.29) is 5.41 Å². The molecular formula is C20H23NO2S. The molecule has 0 fully saturated rings. The molecule has 0 aromatic heterocycles. The van der Waals surface area contributed by atoms with Crippen LogP contribution in [0.25, 0.3) is 0 Å². The van der Waals surface area contributed by atoms with Gasteiger partial charge in [-0.05, 0) is 31.0 Å². The molecule has 0 amide bonds. The van der Waals surface area contributed by atoms with Crippen LogP contribution >= 0.6 is 0 Å². The minimum Gasteiger partial charge on any atom is -0.207 e. The van der Waals surface area contributed by atoms with Crippen molar-refractivity contribution in [2.75, 3.05) is 13.1 Å². The molecule has 0 saturated heterocycles. The van der Waals surface area contributed by atoms with Gasteiger partial charge in [-0.25, -0.2) is 8.42 Å². The van der Waals surface area contributed by atoms with Crippen molar-refractivity contribution in [2.45, 2.75) is 30.6 Å². The molecule has 0 bridgehead atoms. The second kappa shape index (κ2) is 6.54. The molecule has 2 aromatic rings. The summed E-state index contributed by atoms with van der Waals surface area (Å²) < 4.78 is 27.4. The molecule has 1 aliphatic rings. The van der Waals surface area contributed by atoms with Crippen LogP contribution in [0.3, 0.4) is 0 Å². The summed E-state index contributed by atoms with van der Waals surface area (Å²) in [6.07, 6.45) is 4.89. The number of hydrogen-bond donors (Lipinski definition) is 0. The van der Waals surface area contributed by atoms with Gasteiger partial charge < -0.3 is 0 Å². The molecule has 3 nitrogen and oxygen atoms in total. The summed E-state index contributed by atoms with van der Waals surface area (Å²) in [4.78, 5) is 0.366. The van der Waals surface area contributed by atoms with Crippen molar-refractivity contribution in [3.63, 3.8) is 0 Å². The maximum Gasteiger partial charge on any atom is 0.243 e. The van der Waals surface area contributed by atoms with Gasteiger partial charge >= 0.3 is 0 Å². The Balaban J connectivity index is 1.84. The van der Waals surface area contributed by atoms with Gasteiger partial charge in [0.15, 0.2) is 0 Å². The van der Waals surface area contributed by atoms with E-state index in [4.69, 9.17) is 0 Å². The lowest BCUT2D eigenvalue weighted by Gasteiger charge is -2.27. The maximum atomic E-state index is 12.9. The van der Waals surface area contributed by atoms with Crippen LogP contribution in [0.1, 0.15) is 24.5 Å². The second-order valence-corrected chi connectivity index (χ2v) is 8.55. The van der Waals surface area contributed by atoms with Crippen LogP contribution in [0.5, 0.6) is 0 Å². The van der Waals surface area contributed by atoms with E-state index in [1.54, 1.807) is 16.4 Å². The first-order valence-corrected chi connectivity index (χ1v) is 9.66. The van der Waals surface area contributed by atoms with E-state index in [1.165, 1.54) is 5.56 Å². The smallest absolute Gasteiger partial charge is 0.207 e. The molecule has 24 heavy (non-hydrogen) atoms. The molecule has 0 saturated carbocycles. The Labute approximate surface area is 144 Å². The quantitative estimate of drug-likeness (QED) is 0.794. The van der Waals surface area contributed by atoms with Gasteiger partial charge in [0, 0.05) is 18.5 Å². The van der Waals surface area contributed by atoms with Gasteiger partial charge in [-0.15, -0.1) is 0 Å². The van der Waals surface area contributed by atoms with Crippen molar-refractivity contribution in [2.24, 2.45) is 0 Å². The first kappa shape index (κ1) is 16.9. The van der Waals surface area contributed by atoms with Crippen LogP contribution in [0.2, 0.25) is 0 Å². The summed E-state index contributed by atoms with van der Waals surface area (Å²) in [5, 5.41) is 0. The summed E-state index contributed by atoms with van der Waals surface area (Å²) >= 11 is 0. The zero-order valence-electron chi connectivity index (χ0n) is 14.1. The number of aryl methyl sites for hydroxylation is 1. The van der Waals surface area contributed by atoms with Gasteiger partial charge in [0.05, 0.1) is 4.90 Å². The molecular weight excluding hydrogens is 318 g/mol. The Bertz CT molecular complexity index is 826. The van der Waals surface area contributed by atoms with Gasteiger partial charge in [-0.1, -0.05) is 67.1 Å². The number of nitrogens with zero attached hydrogens (tertiary/aromatic N) is 1. The minimum absolute atomic E-state index is 0.140. The molecule has 0 radical (unpaired) electrons. The van der Waals surface area contributed by atoms with Crippen molar-refractivity contribution in [3.05, 3.63) is 77.9 Å². The Hall–Kier alpha value is -1.91. The number of benzene rings is 2. The van der Waals surface area contributed by atoms with Gasteiger partial charge in [0.1, 0.15) is 0 Å². The molecule has 126 valence electrons. The Morgan fingerprint density at radius 2 is 1.67 bits per heavy atom. The highest BCUT2D eigenvalue weighted by Gasteiger charge is 2.31. The highest BCUT2D eigenvalue weighted by atomic mass is 32.2. The van der Waals surface area contributed by atoms with E-state index in [1.807, 2.05) is 43.3 Å². The van der Waals surface area contributed by atoms with Gasteiger partial charge in [-0.3, -0.25) is 0 Å². The molecule has 3 rings (SSSR count). The van der Waals surface area contributed by atoms with Crippen LogP contribution in [-0.2, 0) is 15.4 Å². The predicted molar refractivity (Wildman–Crippen MR) is 97.5 cm³/mol. The molecule has 1 atom stereocenters. The summed E-state index contributed by atoms with van der Waals surface area (Å²) in [6.45, 7) is 5.05. The van der Waals surface area contributed by atoms with Gasteiger partial charge in [0.2, 0.25) is 10.0 Å². The Morgan fingerprint density at radius 1 is 1.00 bits per heavy atom. The third kappa shape index (κ3) is 3.30. The standard InChI is InChI=1S/C20H23NO2S/c1-17-9-11-19(12-10-17)24(22,23)21-15-6-13-20(2,14-16-21)18-7-4-3-5-8-18/h3-13H,14-16H2,1-2H3. The molecule has 1 heterocycles. The first-order chi connectivity index (χ1) is 11.4.